The molecule has 1 atom stereocenters. The van der Waals surface area contributed by atoms with E-state index in [0.717, 1.165) is 11.3 Å². The van der Waals surface area contributed by atoms with Crippen LogP contribution in [-0.2, 0) is 6.54 Å². The second-order valence-corrected chi connectivity index (χ2v) is 8.03. The molecule has 2 N–H and O–H groups in total. The number of carbonyl (C=O) groups is 1. The molecule has 29 heavy (non-hydrogen) atoms. The van der Waals surface area contributed by atoms with Gasteiger partial charge in [-0.05, 0) is 64.0 Å². The van der Waals surface area contributed by atoms with Crippen LogP contribution < -0.4 is 10.5 Å². The highest BCUT2D eigenvalue weighted by Gasteiger charge is 2.40. The number of methoxy groups -OCH3 is 1. The monoisotopic (exact) mass is 474 g/mol. The Morgan fingerprint density at radius 2 is 1.90 bits per heavy atom. The zero-order chi connectivity index (χ0) is 20.7. The normalized spacial score (nSPS) is 15.5. The van der Waals surface area contributed by atoms with Crippen LogP contribution in [0.4, 0.5) is 10.1 Å². The molecule has 0 spiro atoms. The third-order valence-electron chi connectivity index (χ3n) is 5.07. The molecule has 7 heteroatoms. The number of carbonyl (C=O) groups excluding carboxylic acids is 1. The van der Waals surface area contributed by atoms with Gasteiger partial charge in [-0.25, -0.2) is 4.39 Å². The summed E-state index contributed by atoms with van der Waals surface area (Å²) in [5.41, 5.74) is 9.29. The van der Waals surface area contributed by atoms with Crippen LogP contribution in [-0.4, -0.2) is 17.9 Å². The zero-order valence-electron chi connectivity index (χ0n) is 15.5. The molecule has 0 saturated heterocycles. The van der Waals surface area contributed by atoms with Crippen molar-refractivity contribution in [1.82, 2.24) is 4.90 Å². The Morgan fingerprint density at radius 1 is 1.17 bits per heavy atom. The van der Waals surface area contributed by atoms with Gasteiger partial charge < -0.3 is 15.4 Å². The molecule has 0 aromatic heterocycles. The molecule has 4 rings (SSSR count). The number of fused-ring (bicyclic) bond motifs is 1. The summed E-state index contributed by atoms with van der Waals surface area (Å²) in [6.45, 7) is 0.312. The molecule has 0 bridgehead atoms. The molecule has 4 nitrogen and oxygen atoms in total. The maximum atomic E-state index is 14.1. The Kier molecular flexibility index (Phi) is 5.23. The van der Waals surface area contributed by atoms with Crippen molar-refractivity contribution >= 4 is 39.1 Å². The van der Waals surface area contributed by atoms with E-state index in [2.05, 4.69) is 15.9 Å². The molecule has 1 amide bonds. The Hall–Kier alpha value is -2.57. The summed E-state index contributed by atoms with van der Waals surface area (Å²) in [5.74, 6) is 0.117. The largest absolute Gasteiger partial charge is 0.497 e. The number of anilines is 1. The predicted octanol–water partition coefficient (Wildman–Crippen LogP) is 5.58. The van der Waals surface area contributed by atoms with Gasteiger partial charge in [0.2, 0.25) is 0 Å². The fourth-order valence-corrected chi connectivity index (χ4v) is 4.22. The lowest BCUT2D eigenvalue weighted by atomic mass is 9.96. The number of amides is 1. The first-order valence-corrected chi connectivity index (χ1v) is 10.0. The smallest absolute Gasteiger partial charge is 0.255 e. The average molecular weight is 476 g/mol. The Morgan fingerprint density at radius 3 is 2.59 bits per heavy atom. The average Bonchev–Trinajstić information content (AvgIpc) is 2.99. The second-order valence-electron chi connectivity index (χ2n) is 6.77. The van der Waals surface area contributed by atoms with Crippen LogP contribution in [0.5, 0.6) is 5.75 Å². The number of rotatable bonds is 4. The minimum Gasteiger partial charge on any atom is -0.497 e. The molecule has 0 radical (unpaired) electrons. The van der Waals surface area contributed by atoms with Crippen LogP contribution in [0.15, 0.2) is 59.1 Å². The Bertz CT molecular complexity index is 1100. The van der Waals surface area contributed by atoms with Gasteiger partial charge in [-0.2, -0.15) is 0 Å². The molecule has 3 aromatic carbocycles. The van der Waals surface area contributed by atoms with Crippen LogP contribution in [0.3, 0.4) is 0 Å². The summed E-state index contributed by atoms with van der Waals surface area (Å²) < 4.78 is 19.9. The van der Waals surface area contributed by atoms with E-state index in [4.69, 9.17) is 22.1 Å². The molecule has 1 heterocycles. The summed E-state index contributed by atoms with van der Waals surface area (Å²) in [7, 11) is 1.60. The number of nitrogens with two attached hydrogens (primary N) is 1. The van der Waals surface area contributed by atoms with Crippen LogP contribution >= 0.6 is 27.5 Å². The molecule has 1 unspecified atom stereocenters. The summed E-state index contributed by atoms with van der Waals surface area (Å²) in [4.78, 5) is 14.9. The lowest BCUT2D eigenvalue weighted by molar-refractivity contribution is 0.0736. The minimum atomic E-state index is -0.597. The summed E-state index contributed by atoms with van der Waals surface area (Å²) in [6, 6.07) is 14.5. The Labute approximate surface area is 181 Å². The van der Waals surface area contributed by atoms with Crippen molar-refractivity contribution < 1.29 is 13.9 Å². The van der Waals surface area contributed by atoms with Crippen molar-refractivity contribution in [2.75, 3.05) is 12.8 Å². The fraction of sp³-hybridized carbons (Fsp3) is 0.136. The second kappa shape index (κ2) is 7.69. The van der Waals surface area contributed by atoms with Crippen molar-refractivity contribution in [3.05, 3.63) is 92.2 Å². The van der Waals surface area contributed by atoms with Crippen molar-refractivity contribution in [1.29, 1.82) is 0 Å². The van der Waals surface area contributed by atoms with Crippen molar-refractivity contribution in [3.8, 4) is 5.75 Å². The predicted molar refractivity (Wildman–Crippen MR) is 115 cm³/mol. The van der Waals surface area contributed by atoms with E-state index in [0.29, 0.717) is 38.4 Å². The molecular formula is C22H17BrClFN2O2. The highest BCUT2D eigenvalue weighted by Crippen LogP contribution is 2.46. The third kappa shape index (κ3) is 3.47. The number of ether oxygens (including phenoxy) is 1. The first-order valence-electron chi connectivity index (χ1n) is 8.87. The van der Waals surface area contributed by atoms with Crippen molar-refractivity contribution in [2.24, 2.45) is 0 Å². The van der Waals surface area contributed by atoms with E-state index in [1.54, 1.807) is 24.1 Å². The lowest BCUT2D eigenvalue weighted by Gasteiger charge is -2.27. The lowest BCUT2D eigenvalue weighted by Crippen LogP contribution is -2.28. The topological polar surface area (TPSA) is 55.6 Å². The van der Waals surface area contributed by atoms with Crippen molar-refractivity contribution in [3.63, 3.8) is 0 Å². The van der Waals surface area contributed by atoms with E-state index < -0.39 is 11.9 Å². The first kappa shape index (κ1) is 19.7. The van der Waals surface area contributed by atoms with Gasteiger partial charge in [-0.3, -0.25) is 4.79 Å². The molecule has 1 aliphatic heterocycles. The molecule has 0 saturated carbocycles. The summed E-state index contributed by atoms with van der Waals surface area (Å²) in [6.07, 6.45) is 0. The van der Waals surface area contributed by atoms with E-state index >= 15 is 0 Å². The SMILES string of the molecule is COc1ccc(CN2C(=O)c3ccc(Br)c(N)c3C2c2cc(F)ccc2Cl)cc1. The van der Waals surface area contributed by atoms with Gasteiger partial charge in [0.05, 0.1) is 18.8 Å². The Balaban J connectivity index is 1.85. The fourth-order valence-electron chi connectivity index (χ4n) is 3.66. The van der Waals surface area contributed by atoms with Gasteiger partial charge in [0.25, 0.3) is 5.91 Å². The van der Waals surface area contributed by atoms with Gasteiger partial charge >= 0.3 is 0 Å². The highest BCUT2D eigenvalue weighted by atomic mass is 79.9. The molecule has 148 valence electrons. The maximum Gasteiger partial charge on any atom is 0.255 e. The van der Waals surface area contributed by atoms with Crippen LogP contribution in [0.2, 0.25) is 5.02 Å². The van der Waals surface area contributed by atoms with Crippen LogP contribution in [0, 0.1) is 5.82 Å². The number of hydrogen-bond acceptors (Lipinski definition) is 3. The van der Waals surface area contributed by atoms with E-state index in [9.17, 15) is 9.18 Å². The minimum absolute atomic E-state index is 0.180. The van der Waals surface area contributed by atoms with Gasteiger partial charge in [-0.15, -0.1) is 0 Å². The van der Waals surface area contributed by atoms with Crippen LogP contribution in [0.1, 0.15) is 33.1 Å². The maximum absolute atomic E-state index is 14.1. The zero-order valence-corrected chi connectivity index (χ0v) is 17.8. The third-order valence-corrected chi connectivity index (χ3v) is 6.11. The van der Waals surface area contributed by atoms with Gasteiger partial charge in [0, 0.05) is 32.7 Å². The number of nitrogen functional groups attached to an aromatic ring is 1. The molecule has 1 aliphatic rings. The quantitative estimate of drug-likeness (QED) is 0.501. The van der Waals surface area contributed by atoms with Gasteiger partial charge in [0.1, 0.15) is 11.6 Å². The summed E-state index contributed by atoms with van der Waals surface area (Å²) in [5, 5.41) is 0.371. The van der Waals surface area contributed by atoms with Gasteiger partial charge in [-0.1, -0.05) is 23.7 Å². The van der Waals surface area contributed by atoms with Gasteiger partial charge in [0.15, 0.2) is 0 Å². The number of nitrogens with zero attached hydrogens (tertiary/aromatic N) is 1. The van der Waals surface area contributed by atoms with E-state index in [1.165, 1.54) is 18.2 Å². The standard InChI is InChI=1S/C22H17BrClFN2O2/c1-29-14-5-2-12(3-6-14)11-27-21(16-10-13(25)4-9-18(16)24)19-15(22(27)28)7-8-17(23)20(19)26/h2-10,21H,11,26H2,1H3. The molecule has 0 fully saturated rings. The number of hydrogen-bond donors (Lipinski definition) is 1. The number of halogens is 3. The molecule has 3 aromatic rings. The number of benzene rings is 3. The van der Waals surface area contributed by atoms with E-state index in [1.807, 2.05) is 24.3 Å². The first-order chi connectivity index (χ1) is 13.9. The summed E-state index contributed by atoms with van der Waals surface area (Å²) >= 11 is 9.85. The molecular weight excluding hydrogens is 459 g/mol. The van der Waals surface area contributed by atoms with E-state index in [-0.39, 0.29) is 5.91 Å². The molecule has 0 aliphatic carbocycles. The van der Waals surface area contributed by atoms with Crippen LogP contribution in [0.25, 0.3) is 0 Å². The highest BCUT2D eigenvalue weighted by molar-refractivity contribution is 9.10. The van der Waals surface area contributed by atoms with Crippen molar-refractivity contribution in [2.45, 2.75) is 12.6 Å².